The van der Waals surface area contributed by atoms with Gasteiger partial charge in [-0.15, -0.1) is 22.9 Å². The fraction of sp³-hybridized carbons (Fsp3) is 0.500. The second-order valence-electron chi connectivity index (χ2n) is 4.12. The van der Waals surface area contributed by atoms with E-state index in [4.69, 9.17) is 23.2 Å². The number of nitrogens with zero attached hydrogens (tertiary/aromatic N) is 3. The number of hydrogen-bond acceptors (Lipinski definition) is 3. The Morgan fingerprint density at radius 2 is 2.22 bits per heavy atom. The van der Waals surface area contributed by atoms with Crippen molar-refractivity contribution in [3.8, 4) is 0 Å². The number of rotatable bonds is 6. The van der Waals surface area contributed by atoms with Crippen LogP contribution in [0.5, 0.6) is 0 Å². The Bertz CT molecular complexity index is 507. The zero-order valence-corrected chi connectivity index (χ0v) is 12.5. The molecule has 0 saturated carbocycles. The zero-order chi connectivity index (χ0) is 13.0. The summed E-state index contributed by atoms with van der Waals surface area (Å²) in [6, 6.07) is 0. The minimum Gasteiger partial charge on any atom is -0.268 e. The highest BCUT2D eigenvalue weighted by atomic mass is 35.5. The Morgan fingerprint density at radius 3 is 2.83 bits per heavy atom. The van der Waals surface area contributed by atoms with Gasteiger partial charge in [-0.05, 0) is 26.2 Å². The minimum atomic E-state index is 0.501. The van der Waals surface area contributed by atoms with E-state index < -0.39 is 0 Å². The lowest BCUT2D eigenvalue weighted by Crippen LogP contribution is -2.02. The van der Waals surface area contributed by atoms with E-state index in [1.807, 2.05) is 17.0 Å². The van der Waals surface area contributed by atoms with Gasteiger partial charge in [-0.2, -0.15) is 5.10 Å². The molecule has 18 heavy (non-hydrogen) atoms. The predicted molar refractivity (Wildman–Crippen MR) is 76.6 cm³/mol. The molecule has 0 radical (unpaired) electrons. The average molecular weight is 304 g/mol. The zero-order valence-electron chi connectivity index (χ0n) is 10.2. The summed E-state index contributed by atoms with van der Waals surface area (Å²) < 4.78 is 1.95. The highest BCUT2D eigenvalue weighted by Gasteiger charge is 2.04. The van der Waals surface area contributed by atoms with E-state index in [9.17, 15) is 0 Å². The van der Waals surface area contributed by atoms with Gasteiger partial charge in [0.1, 0.15) is 0 Å². The van der Waals surface area contributed by atoms with E-state index in [0.29, 0.717) is 5.88 Å². The van der Waals surface area contributed by atoms with Crippen LogP contribution in [0, 0.1) is 6.92 Å². The quantitative estimate of drug-likeness (QED) is 0.595. The van der Waals surface area contributed by atoms with Crippen LogP contribution in [0.25, 0.3) is 0 Å². The van der Waals surface area contributed by atoms with Crippen molar-refractivity contribution in [3.63, 3.8) is 0 Å². The molecule has 6 heteroatoms. The largest absolute Gasteiger partial charge is 0.268 e. The molecule has 0 aliphatic rings. The number of unbranched alkanes of at least 4 members (excludes halogenated alkanes) is 1. The summed E-state index contributed by atoms with van der Waals surface area (Å²) in [5.74, 6) is 0.501. The van der Waals surface area contributed by atoms with Gasteiger partial charge in [0.2, 0.25) is 0 Å². The molecule has 0 atom stereocenters. The van der Waals surface area contributed by atoms with Crippen LogP contribution in [-0.4, -0.2) is 14.8 Å². The van der Waals surface area contributed by atoms with Crippen molar-refractivity contribution >= 4 is 34.5 Å². The number of hydrogen-bond donors (Lipinski definition) is 0. The van der Waals surface area contributed by atoms with Crippen molar-refractivity contribution in [2.45, 2.75) is 38.6 Å². The Morgan fingerprint density at radius 1 is 1.39 bits per heavy atom. The number of alkyl halides is 1. The van der Waals surface area contributed by atoms with E-state index >= 15 is 0 Å². The number of thiazole rings is 1. The fourth-order valence-electron chi connectivity index (χ4n) is 1.71. The van der Waals surface area contributed by atoms with Gasteiger partial charge < -0.3 is 0 Å². The molecule has 0 amide bonds. The van der Waals surface area contributed by atoms with Crippen molar-refractivity contribution in [1.82, 2.24) is 14.8 Å². The lowest BCUT2D eigenvalue weighted by Gasteiger charge is -2.03. The van der Waals surface area contributed by atoms with Crippen LogP contribution < -0.4 is 0 Å². The third-order valence-corrected chi connectivity index (χ3v) is 4.39. The van der Waals surface area contributed by atoms with E-state index in [2.05, 4.69) is 10.1 Å². The Balaban J connectivity index is 1.74. The molecule has 0 aliphatic heterocycles. The average Bonchev–Trinajstić information content (AvgIpc) is 2.95. The van der Waals surface area contributed by atoms with Crippen molar-refractivity contribution in [1.29, 1.82) is 0 Å². The van der Waals surface area contributed by atoms with Crippen LogP contribution in [0.2, 0.25) is 5.02 Å². The van der Waals surface area contributed by atoms with Gasteiger partial charge in [0.25, 0.3) is 0 Å². The molecule has 0 fully saturated rings. The van der Waals surface area contributed by atoms with Gasteiger partial charge in [0.05, 0.1) is 33.5 Å². The van der Waals surface area contributed by atoms with Gasteiger partial charge in [0.15, 0.2) is 0 Å². The van der Waals surface area contributed by atoms with Gasteiger partial charge in [-0.1, -0.05) is 11.6 Å². The Kier molecular flexibility index (Phi) is 5.03. The topological polar surface area (TPSA) is 30.7 Å². The van der Waals surface area contributed by atoms with Crippen LogP contribution in [-0.2, 0) is 18.8 Å². The van der Waals surface area contributed by atoms with E-state index in [1.54, 1.807) is 17.5 Å². The maximum absolute atomic E-state index is 5.95. The molecule has 0 aromatic carbocycles. The number of aryl methyl sites for hydroxylation is 2. The van der Waals surface area contributed by atoms with E-state index in [-0.39, 0.29) is 0 Å². The summed E-state index contributed by atoms with van der Waals surface area (Å²) in [5.41, 5.74) is 2.02. The molecule has 0 saturated heterocycles. The summed E-state index contributed by atoms with van der Waals surface area (Å²) >= 11 is 13.4. The lowest BCUT2D eigenvalue weighted by atomic mass is 10.2. The van der Waals surface area contributed by atoms with E-state index in [0.717, 1.165) is 42.2 Å². The number of halogens is 2. The number of aromatic nitrogens is 3. The third kappa shape index (κ3) is 3.46. The first-order valence-corrected chi connectivity index (χ1v) is 7.67. The molecule has 2 heterocycles. The molecule has 0 spiro atoms. The summed E-state index contributed by atoms with van der Waals surface area (Å²) in [4.78, 5) is 4.44. The smallest absolute Gasteiger partial charge is 0.0928 e. The van der Waals surface area contributed by atoms with Crippen molar-refractivity contribution < 1.29 is 0 Å². The Hall–Kier alpha value is -0.580. The predicted octanol–water partition coefficient (Wildman–Crippen LogP) is 4.06. The molecular weight excluding hydrogens is 289 g/mol. The van der Waals surface area contributed by atoms with Crippen LogP contribution in [0.1, 0.15) is 29.2 Å². The first-order chi connectivity index (χ1) is 8.70. The SMILES string of the molecule is Cc1c(Cl)cnn1CCCCc1nc(CCl)cs1. The third-order valence-electron chi connectivity index (χ3n) is 2.79. The summed E-state index contributed by atoms with van der Waals surface area (Å²) in [6.07, 6.45) is 4.89. The lowest BCUT2D eigenvalue weighted by molar-refractivity contribution is 0.546. The minimum absolute atomic E-state index is 0.501. The van der Waals surface area contributed by atoms with Gasteiger partial charge in [-0.25, -0.2) is 4.98 Å². The van der Waals surface area contributed by atoms with Crippen LogP contribution >= 0.6 is 34.5 Å². The fourth-order valence-corrected chi connectivity index (χ4v) is 2.92. The van der Waals surface area contributed by atoms with Crippen LogP contribution in [0.4, 0.5) is 0 Å². The van der Waals surface area contributed by atoms with Gasteiger partial charge in [0, 0.05) is 11.9 Å². The normalized spacial score (nSPS) is 11.1. The second kappa shape index (κ2) is 6.55. The van der Waals surface area contributed by atoms with Crippen LogP contribution in [0.3, 0.4) is 0 Å². The molecule has 2 rings (SSSR count). The van der Waals surface area contributed by atoms with Crippen molar-refractivity contribution in [2.75, 3.05) is 0 Å². The molecule has 2 aromatic rings. The maximum atomic E-state index is 5.95. The van der Waals surface area contributed by atoms with Crippen LogP contribution in [0.15, 0.2) is 11.6 Å². The highest BCUT2D eigenvalue weighted by molar-refractivity contribution is 7.09. The summed E-state index contributed by atoms with van der Waals surface area (Å²) in [7, 11) is 0. The molecule has 0 bridgehead atoms. The second-order valence-corrected chi connectivity index (χ2v) is 5.74. The maximum Gasteiger partial charge on any atom is 0.0928 e. The molecule has 0 aliphatic carbocycles. The molecule has 3 nitrogen and oxygen atoms in total. The van der Waals surface area contributed by atoms with E-state index in [1.165, 1.54) is 5.01 Å². The first-order valence-electron chi connectivity index (χ1n) is 5.88. The molecular formula is C12H15Cl2N3S. The van der Waals surface area contributed by atoms with Crippen molar-refractivity contribution in [3.05, 3.63) is 33.0 Å². The summed E-state index contributed by atoms with van der Waals surface area (Å²) in [6.45, 7) is 2.90. The molecule has 0 unspecified atom stereocenters. The monoisotopic (exact) mass is 303 g/mol. The van der Waals surface area contributed by atoms with Gasteiger partial charge in [-0.3, -0.25) is 4.68 Å². The standard InChI is InChI=1S/C12H15Cl2N3S/c1-9-11(14)7-15-17(9)5-3-2-4-12-16-10(6-13)8-18-12/h7-8H,2-6H2,1H3. The Labute approximate surface area is 121 Å². The highest BCUT2D eigenvalue weighted by Crippen LogP contribution is 2.16. The first kappa shape index (κ1) is 13.8. The summed E-state index contributed by atoms with van der Waals surface area (Å²) in [5, 5.41) is 8.16. The molecule has 0 N–H and O–H groups in total. The molecule has 98 valence electrons. The van der Waals surface area contributed by atoms with Gasteiger partial charge >= 0.3 is 0 Å². The van der Waals surface area contributed by atoms with Crippen molar-refractivity contribution in [2.24, 2.45) is 0 Å². The molecule has 2 aromatic heterocycles.